The third-order valence-electron chi connectivity index (χ3n) is 4.90. The van der Waals surface area contributed by atoms with E-state index in [2.05, 4.69) is 61.3 Å². The van der Waals surface area contributed by atoms with Gasteiger partial charge in [0.15, 0.2) is 0 Å². The van der Waals surface area contributed by atoms with Crippen LogP contribution in [-0.2, 0) is 0 Å². The van der Waals surface area contributed by atoms with Crippen molar-refractivity contribution in [3.8, 4) is 0 Å². The molecule has 1 N–H and O–H groups in total. The Hall–Kier alpha value is -0.860. The van der Waals surface area contributed by atoms with Crippen LogP contribution in [0, 0.1) is 0 Å². The molecule has 0 radical (unpaired) electrons. The molecule has 0 aliphatic carbocycles. The minimum Gasteiger partial charge on any atom is -0.311 e. The Bertz CT molecular complexity index is 390. The summed E-state index contributed by atoms with van der Waals surface area (Å²) < 4.78 is 0. The third kappa shape index (κ3) is 4.55. The van der Waals surface area contributed by atoms with Crippen molar-refractivity contribution in [1.82, 2.24) is 10.2 Å². The van der Waals surface area contributed by atoms with Crippen molar-refractivity contribution in [2.75, 3.05) is 13.1 Å². The van der Waals surface area contributed by atoms with E-state index in [4.69, 9.17) is 0 Å². The molecule has 2 rings (SSSR count). The first kappa shape index (κ1) is 16.5. The molecule has 1 fully saturated rings. The zero-order valence-electron chi connectivity index (χ0n) is 14.0. The van der Waals surface area contributed by atoms with Crippen LogP contribution in [0.3, 0.4) is 0 Å². The Morgan fingerprint density at radius 3 is 2.62 bits per heavy atom. The van der Waals surface area contributed by atoms with Crippen LogP contribution < -0.4 is 5.32 Å². The number of nitrogens with zero attached hydrogens (tertiary/aromatic N) is 1. The highest BCUT2D eigenvalue weighted by Crippen LogP contribution is 2.28. The Kier molecular flexibility index (Phi) is 6.72. The van der Waals surface area contributed by atoms with E-state index in [-0.39, 0.29) is 0 Å². The summed E-state index contributed by atoms with van der Waals surface area (Å²) in [5.41, 5.74) is 1.46. The zero-order chi connectivity index (χ0) is 15.1. The van der Waals surface area contributed by atoms with Gasteiger partial charge < -0.3 is 5.32 Å². The van der Waals surface area contributed by atoms with Gasteiger partial charge >= 0.3 is 0 Å². The topological polar surface area (TPSA) is 15.3 Å². The monoisotopic (exact) mass is 288 g/mol. The van der Waals surface area contributed by atoms with Gasteiger partial charge in [-0.15, -0.1) is 0 Å². The van der Waals surface area contributed by atoms with Crippen LogP contribution in [0.15, 0.2) is 30.3 Å². The van der Waals surface area contributed by atoms with Gasteiger partial charge in [-0.3, -0.25) is 4.90 Å². The molecule has 2 nitrogen and oxygen atoms in total. The molecule has 1 aliphatic heterocycles. The van der Waals surface area contributed by atoms with Gasteiger partial charge in [0.1, 0.15) is 0 Å². The second-order valence-electron chi connectivity index (χ2n) is 6.48. The first-order valence-corrected chi connectivity index (χ1v) is 8.80. The molecule has 0 bridgehead atoms. The number of rotatable bonds is 7. The number of hydrogen-bond acceptors (Lipinski definition) is 2. The average molecular weight is 288 g/mol. The molecule has 2 heteroatoms. The van der Waals surface area contributed by atoms with Crippen LogP contribution >= 0.6 is 0 Å². The lowest BCUT2D eigenvalue weighted by molar-refractivity contribution is 0.0819. The minimum absolute atomic E-state index is 0.533. The molecule has 118 valence electrons. The van der Waals surface area contributed by atoms with Crippen molar-refractivity contribution >= 4 is 0 Å². The predicted octanol–water partition coefficient (Wildman–Crippen LogP) is 4.38. The van der Waals surface area contributed by atoms with Gasteiger partial charge in [0.25, 0.3) is 0 Å². The lowest BCUT2D eigenvalue weighted by Gasteiger charge is -2.44. The van der Waals surface area contributed by atoms with Gasteiger partial charge in [-0.25, -0.2) is 0 Å². The van der Waals surface area contributed by atoms with Gasteiger partial charge in [-0.2, -0.15) is 0 Å². The molecule has 1 saturated heterocycles. The van der Waals surface area contributed by atoms with Crippen molar-refractivity contribution in [3.05, 3.63) is 35.9 Å². The standard InChI is InChI=1S/C19H32N2/c1-4-6-8-11-16(3)21-15-18(5-2)20-14-19(21)17-12-9-7-10-13-17/h7,9-10,12-13,16,18-20H,4-6,8,11,14-15H2,1-3H3. The van der Waals surface area contributed by atoms with Crippen molar-refractivity contribution < 1.29 is 0 Å². The first-order valence-electron chi connectivity index (χ1n) is 8.80. The summed E-state index contributed by atoms with van der Waals surface area (Å²) >= 11 is 0. The summed E-state index contributed by atoms with van der Waals surface area (Å²) in [5, 5.41) is 3.73. The second-order valence-corrected chi connectivity index (χ2v) is 6.48. The third-order valence-corrected chi connectivity index (χ3v) is 4.90. The summed E-state index contributed by atoms with van der Waals surface area (Å²) in [6, 6.07) is 12.9. The van der Waals surface area contributed by atoms with Crippen molar-refractivity contribution in [1.29, 1.82) is 0 Å². The maximum absolute atomic E-state index is 3.73. The van der Waals surface area contributed by atoms with E-state index in [9.17, 15) is 0 Å². The SMILES string of the molecule is CCCCCC(C)N1CC(CC)NCC1c1ccccc1. The molecular formula is C19H32N2. The Balaban J connectivity index is 2.06. The molecular weight excluding hydrogens is 256 g/mol. The van der Waals surface area contributed by atoms with E-state index in [1.165, 1.54) is 44.2 Å². The largest absolute Gasteiger partial charge is 0.311 e. The maximum Gasteiger partial charge on any atom is 0.0476 e. The highest BCUT2D eigenvalue weighted by molar-refractivity contribution is 5.20. The molecule has 1 aromatic carbocycles. The fourth-order valence-electron chi connectivity index (χ4n) is 3.44. The highest BCUT2D eigenvalue weighted by atomic mass is 15.3. The summed E-state index contributed by atoms with van der Waals surface area (Å²) in [4.78, 5) is 2.75. The van der Waals surface area contributed by atoms with Crippen molar-refractivity contribution in [2.45, 2.75) is 71.0 Å². The normalized spacial score (nSPS) is 24.9. The molecule has 1 aliphatic rings. The van der Waals surface area contributed by atoms with E-state index in [0.29, 0.717) is 18.1 Å². The number of unbranched alkanes of at least 4 members (excludes halogenated alkanes) is 2. The summed E-state index contributed by atoms with van der Waals surface area (Å²) in [6.45, 7) is 9.27. The molecule has 3 unspecified atom stereocenters. The van der Waals surface area contributed by atoms with Crippen LogP contribution in [0.25, 0.3) is 0 Å². The highest BCUT2D eigenvalue weighted by Gasteiger charge is 2.30. The lowest BCUT2D eigenvalue weighted by atomic mass is 9.96. The Morgan fingerprint density at radius 2 is 1.95 bits per heavy atom. The number of benzene rings is 1. The van der Waals surface area contributed by atoms with E-state index in [1.54, 1.807) is 0 Å². The van der Waals surface area contributed by atoms with E-state index >= 15 is 0 Å². The smallest absolute Gasteiger partial charge is 0.0476 e. The zero-order valence-corrected chi connectivity index (χ0v) is 14.0. The minimum atomic E-state index is 0.533. The number of hydrogen-bond donors (Lipinski definition) is 1. The Morgan fingerprint density at radius 1 is 1.19 bits per heavy atom. The summed E-state index contributed by atoms with van der Waals surface area (Å²) in [6.07, 6.45) is 6.59. The second kappa shape index (κ2) is 8.55. The fourth-order valence-corrected chi connectivity index (χ4v) is 3.44. The van der Waals surface area contributed by atoms with Crippen LogP contribution in [-0.4, -0.2) is 30.1 Å². The van der Waals surface area contributed by atoms with Crippen LogP contribution in [0.4, 0.5) is 0 Å². The van der Waals surface area contributed by atoms with E-state index < -0.39 is 0 Å². The molecule has 3 atom stereocenters. The number of nitrogens with one attached hydrogen (secondary N) is 1. The maximum atomic E-state index is 3.73. The first-order chi connectivity index (χ1) is 10.3. The molecule has 0 amide bonds. The van der Waals surface area contributed by atoms with Crippen molar-refractivity contribution in [3.63, 3.8) is 0 Å². The van der Waals surface area contributed by atoms with Crippen LogP contribution in [0.2, 0.25) is 0 Å². The van der Waals surface area contributed by atoms with Crippen molar-refractivity contribution in [2.24, 2.45) is 0 Å². The summed E-state index contributed by atoms with van der Waals surface area (Å²) in [5.74, 6) is 0. The van der Waals surface area contributed by atoms with Gasteiger partial charge in [-0.05, 0) is 25.3 Å². The van der Waals surface area contributed by atoms with Gasteiger partial charge in [0.05, 0.1) is 0 Å². The van der Waals surface area contributed by atoms with Crippen LogP contribution in [0.1, 0.15) is 64.5 Å². The molecule has 0 saturated carbocycles. The van der Waals surface area contributed by atoms with E-state index in [1.807, 2.05) is 0 Å². The molecule has 21 heavy (non-hydrogen) atoms. The lowest BCUT2D eigenvalue weighted by Crippen LogP contribution is -2.54. The molecule has 1 heterocycles. The Labute approximate surface area is 130 Å². The molecule has 0 spiro atoms. The van der Waals surface area contributed by atoms with Gasteiger partial charge in [0.2, 0.25) is 0 Å². The van der Waals surface area contributed by atoms with Gasteiger partial charge in [0, 0.05) is 31.2 Å². The number of piperazine rings is 1. The molecule has 1 aromatic rings. The fraction of sp³-hybridized carbons (Fsp3) is 0.684. The van der Waals surface area contributed by atoms with Crippen LogP contribution in [0.5, 0.6) is 0 Å². The predicted molar refractivity (Wildman–Crippen MR) is 91.6 cm³/mol. The molecule has 0 aromatic heterocycles. The quantitative estimate of drug-likeness (QED) is 0.749. The van der Waals surface area contributed by atoms with Gasteiger partial charge in [-0.1, -0.05) is 63.4 Å². The summed E-state index contributed by atoms with van der Waals surface area (Å²) in [7, 11) is 0. The van der Waals surface area contributed by atoms with E-state index in [0.717, 1.165) is 6.54 Å². The average Bonchev–Trinajstić information content (AvgIpc) is 2.55.